The van der Waals surface area contributed by atoms with E-state index in [2.05, 4.69) is 4.18 Å². The number of phenolic OH excluding ortho intramolecular Hbond substituents is 1. The van der Waals surface area contributed by atoms with Gasteiger partial charge in [0.15, 0.2) is 5.75 Å². The van der Waals surface area contributed by atoms with Gasteiger partial charge in [0.1, 0.15) is 16.9 Å². The van der Waals surface area contributed by atoms with Gasteiger partial charge in [-0.1, -0.05) is 0 Å². The number of nitrogens with zero attached hydrogens (tertiary/aromatic N) is 1. The summed E-state index contributed by atoms with van der Waals surface area (Å²) in [7, 11) is -3.73. The van der Waals surface area contributed by atoms with Crippen LogP contribution >= 0.6 is 0 Å². The van der Waals surface area contributed by atoms with E-state index in [9.17, 15) is 28.4 Å². The van der Waals surface area contributed by atoms with Gasteiger partial charge in [0.05, 0.1) is 17.4 Å². The number of nitro benzene ring substituents is 1. The summed E-state index contributed by atoms with van der Waals surface area (Å²) >= 11 is 0. The molecule has 0 saturated heterocycles. The van der Waals surface area contributed by atoms with Crippen molar-refractivity contribution in [1.29, 1.82) is 0 Å². The SMILES string of the molecule is COc1ccc2c(=O)c(-c3ccc(O)c([N+](=O)[O-])c3)c(OS(=O)(=O)O)oc2c1. The van der Waals surface area contributed by atoms with Crippen molar-refractivity contribution in [3.63, 3.8) is 0 Å². The number of hydrogen-bond donors (Lipinski definition) is 2. The van der Waals surface area contributed by atoms with Crippen LogP contribution in [0.4, 0.5) is 5.69 Å². The molecular formula is C16H11NO10S. The molecule has 0 unspecified atom stereocenters. The molecule has 1 aromatic heterocycles. The predicted octanol–water partition coefficient (Wildman–Crippen LogP) is 2.26. The normalized spacial score (nSPS) is 11.4. The zero-order valence-electron chi connectivity index (χ0n) is 14.0. The monoisotopic (exact) mass is 409 g/mol. The van der Waals surface area contributed by atoms with E-state index in [1.165, 1.54) is 25.3 Å². The average Bonchev–Trinajstić information content (AvgIpc) is 2.60. The smallest absolute Gasteiger partial charge is 0.449 e. The van der Waals surface area contributed by atoms with Crippen molar-refractivity contribution in [2.75, 3.05) is 7.11 Å². The highest BCUT2D eigenvalue weighted by molar-refractivity contribution is 7.81. The first-order valence-corrected chi connectivity index (χ1v) is 8.77. The van der Waals surface area contributed by atoms with Crippen molar-refractivity contribution in [3.8, 4) is 28.6 Å². The fraction of sp³-hybridized carbons (Fsp3) is 0.0625. The lowest BCUT2D eigenvalue weighted by molar-refractivity contribution is -0.385. The van der Waals surface area contributed by atoms with Gasteiger partial charge in [-0.05, 0) is 29.8 Å². The standard InChI is InChI=1S/C16H11NO10S/c1-25-9-3-4-10-13(7-9)26-16(27-28(22,23)24)14(15(10)19)8-2-5-12(18)11(6-8)17(20)21/h2-7,18H,1H3,(H,22,23,24). The second-order valence-electron chi connectivity index (χ2n) is 5.43. The van der Waals surface area contributed by atoms with Crippen LogP contribution in [0.25, 0.3) is 22.1 Å². The number of nitro groups is 1. The van der Waals surface area contributed by atoms with Crippen molar-refractivity contribution in [1.82, 2.24) is 0 Å². The maximum absolute atomic E-state index is 12.9. The summed E-state index contributed by atoms with van der Waals surface area (Å²) in [5, 5.41) is 20.6. The fourth-order valence-electron chi connectivity index (χ4n) is 2.51. The first-order chi connectivity index (χ1) is 13.1. The van der Waals surface area contributed by atoms with Crippen LogP contribution < -0.4 is 14.3 Å². The van der Waals surface area contributed by atoms with Gasteiger partial charge in [0.2, 0.25) is 5.43 Å². The number of methoxy groups -OCH3 is 1. The van der Waals surface area contributed by atoms with E-state index >= 15 is 0 Å². The number of fused-ring (bicyclic) bond motifs is 1. The third-order valence-corrected chi connectivity index (χ3v) is 4.07. The van der Waals surface area contributed by atoms with Crippen LogP contribution in [0.1, 0.15) is 0 Å². The van der Waals surface area contributed by atoms with Crippen LogP contribution in [0, 0.1) is 10.1 Å². The van der Waals surface area contributed by atoms with Gasteiger partial charge >= 0.3 is 22.0 Å². The predicted molar refractivity (Wildman–Crippen MR) is 95.0 cm³/mol. The Balaban J connectivity index is 2.38. The minimum atomic E-state index is -5.09. The lowest BCUT2D eigenvalue weighted by Crippen LogP contribution is -2.13. The summed E-state index contributed by atoms with van der Waals surface area (Å²) < 4.78 is 46.0. The van der Waals surface area contributed by atoms with Gasteiger partial charge in [0.25, 0.3) is 0 Å². The molecule has 0 saturated carbocycles. The summed E-state index contributed by atoms with van der Waals surface area (Å²) in [6, 6.07) is 6.99. The van der Waals surface area contributed by atoms with E-state index < -0.39 is 43.7 Å². The molecule has 2 N–H and O–H groups in total. The third-order valence-electron chi connectivity index (χ3n) is 3.71. The second kappa shape index (κ2) is 6.83. The van der Waals surface area contributed by atoms with Crippen LogP contribution in [0.2, 0.25) is 0 Å². The highest BCUT2D eigenvalue weighted by Crippen LogP contribution is 2.36. The lowest BCUT2D eigenvalue weighted by atomic mass is 10.0. The first kappa shape index (κ1) is 19.1. The average molecular weight is 409 g/mol. The minimum Gasteiger partial charge on any atom is -0.502 e. The Labute approximate surface area is 156 Å². The minimum absolute atomic E-state index is 0.00536. The summed E-state index contributed by atoms with van der Waals surface area (Å²) in [5.74, 6) is -1.28. The Morgan fingerprint density at radius 1 is 1.18 bits per heavy atom. The van der Waals surface area contributed by atoms with E-state index in [-0.39, 0.29) is 16.5 Å². The molecule has 1 heterocycles. The molecule has 0 fully saturated rings. The van der Waals surface area contributed by atoms with E-state index in [1.807, 2.05) is 0 Å². The summed E-state index contributed by atoms with van der Waals surface area (Å²) in [6.45, 7) is 0. The maximum Gasteiger partial charge on any atom is 0.449 e. The summed E-state index contributed by atoms with van der Waals surface area (Å²) in [6.07, 6.45) is 0. The van der Waals surface area contributed by atoms with Gasteiger partial charge in [-0.15, -0.1) is 0 Å². The zero-order valence-corrected chi connectivity index (χ0v) is 14.8. The van der Waals surface area contributed by atoms with Crippen LogP contribution in [-0.4, -0.2) is 30.1 Å². The highest BCUT2D eigenvalue weighted by atomic mass is 32.3. The van der Waals surface area contributed by atoms with Crippen molar-refractivity contribution < 1.29 is 36.3 Å². The van der Waals surface area contributed by atoms with Crippen molar-refractivity contribution in [2.24, 2.45) is 0 Å². The van der Waals surface area contributed by atoms with Gasteiger partial charge in [-0.2, -0.15) is 8.42 Å². The molecule has 146 valence electrons. The van der Waals surface area contributed by atoms with Gasteiger partial charge in [-0.25, -0.2) is 0 Å². The molecule has 11 nitrogen and oxygen atoms in total. The summed E-state index contributed by atoms with van der Waals surface area (Å²) in [5.41, 5.74) is -2.31. The molecule has 3 aromatic rings. The van der Waals surface area contributed by atoms with Gasteiger partial charge in [0, 0.05) is 12.1 Å². The van der Waals surface area contributed by atoms with E-state index in [0.717, 1.165) is 18.2 Å². The fourth-order valence-corrected chi connectivity index (χ4v) is 2.82. The molecule has 0 aliphatic heterocycles. The molecule has 2 aromatic carbocycles. The van der Waals surface area contributed by atoms with Gasteiger partial charge < -0.3 is 18.4 Å². The molecule has 12 heteroatoms. The third kappa shape index (κ3) is 3.58. The molecule has 28 heavy (non-hydrogen) atoms. The van der Waals surface area contributed by atoms with Gasteiger partial charge in [-0.3, -0.25) is 19.5 Å². The Morgan fingerprint density at radius 3 is 2.50 bits per heavy atom. The zero-order chi connectivity index (χ0) is 20.6. The Bertz CT molecular complexity index is 1260. The first-order valence-electron chi connectivity index (χ1n) is 7.40. The van der Waals surface area contributed by atoms with Crippen molar-refractivity contribution in [2.45, 2.75) is 0 Å². The largest absolute Gasteiger partial charge is 0.502 e. The number of hydrogen-bond acceptors (Lipinski definition) is 9. The Kier molecular flexibility index (Phi) is 4.66. The quantitative estimate of drug-likeness (QED) is 0.362. The van der Waals surface area contributed by atoms with E-state index in [4.69, 9.17) is 13.7 Å². The molecule has 0 aliphatic rings. The topological polar surface area (TPSA) is 166 Å². The number of phenols is 1. The van der Waals surface area contributed by atoms with Crippen LogP contribution in [-0.2, 0) is 10.4 Å². The van der Waals surface area contributed by atoms with Crippen molar-refractivity contribution in [3.05, 3.63) is 56.7 Å². The Morgan fingerprint density at radius 2 is 1.89 bits per heavy atom. The lowest BCUT2D eigenvalue weighted by Gasteiger charge is -2.10. The molecular weight excluding hydrogens is 398 g/mol. The highest BCUT2D eigenvalue weighted by Gasteiger charge is 2.24. The molecule has 0 radical (unpaired) electrons. The number of ether oxygens (including phenoxy) is 1. The molecule has 0 amide bonds. The number of aromatic hydroxyl groups is 1. The molecule has 0 spiro atoms. The van der Waals surface area contributed by atoms with E-state index in [1.54, 1.807) is 0 Å². The van der Waals surface area contributed by atoms with E-state index in [0.29, 0.717) is 5.75 Å². The second-order valence-corrected chi connectivity index (χ2v) is 6.45. The van der Waals surface area contributed by atoms with Crippen LogP contribution in [0.15, 0.2) is 45.6 Å². The van der Waals surface area contributed by atoms with Crippen molar-refractivity contribution >= 4 is 27.1 Å². The number of benzene rings is 2. The maximum atomic E-state index is 12.9. The van der Waals surface area contributed by atoms with Crippen LogP contribution in [0.3, 0.4) is 0 Å². The molecule has 0 aliphatic carbocycles. The molecule has 0 atom stereocenters. The van der Waals surface area contributed by atoms with Crippen LogP contribution in [0.5, 0.6) is 17.4 Å². The Hall–Kier alpha value is -3.64. The molecule has 0 bridgehead atoms. The summed E-state index contributed by atoms with van der Waals surface area (Å²) in [4.78, 5) is 23.1. The number of rotatable bonds is 5. The molecule has 3 rings (SSSR count).